The largest absolute Gasteiger partial charge is 0.383 e. The van der Waals surface area contributed by atoms with Crippen molar-refractivity contribution in [2.45, 2.75) is 24.9 Å². The van der Waals surface area contributed by atoms with Crippen molar-refractivity contribution in [1.29, 1.82) is 0 Å². The molecular formula is C14H20N2O2S. The van der Waals surface area contributed by atoms with E-state index in [2.05, 4.69) is 10.2 Å². The van der Waals surface area contributed by atoms with E-state index in [-0.39, 0.29) is 5.91 Å². The van der Waals surface area contributed by atoms with Gasteiger partial charge in [0.15, 0.2) is 0 Å². The molecule has 5 heteroatoms. The summed E-state index contributed by atoms with van der Waals surface area (Å²) in [6, 6.07) is 4.80. The molecule has 1 aliphatic heterocycles. The molecule has 1 saturated heterocycles. The van der Waals surface area contributed by atoms with Crippen LogP contribution in [0.2, 0.25) is 0 Å². The molecule has 4 nitrogen and oxygen atoms in total. The molecular weight excluding hydrogens is 260 g/mol. The van der Waals surface area contributed by atoms with Crippen molar-refractivity contribution in [3.63, 3.8) is 0 Å². The van der Waals surface area contributed by atoms with Gasteiger partial charge in [0.25, 0.3) is 5.91 Å². The third kappa shape index (κ3) is 2.68. The van der Waals surface area contributed by atoms with Crippen molar-refractivity contribution in [3.8, 4) is 0 Å². The Labute approximate surface area is 117 Å². The number of ether oxygens (including phenoxy) is 1. The van der Waals surface area contributed by atoms with Crippen molar-refractivity contribution in [3.05, 3.63) is 22.4 Å². The van der Waals surface area contributed by atoms with Crippen LogP contribution in [0.3, 0.4) is 0 Å². The lowest BCUT2D eigenvalue weighted by molar-refractivity contribution is 0.0888. The van der Waals surface area contributed by atoms with Crippen LogP contribution in [-0.4, -0.2) is 49.7 Å². The molecule has 1 aliphatic carbocycles. The maximum absolute atomic E-state index is 12.1. The minimum absolute atomic E-state index is 0.0935. The summed E-state index contributed by atoms with van der Waals surface area (Å²) in [4.78, 5) is 15.4. The summed E-state index contributed by atoms with van der Waals surface area (Å²) < 4.78 is 5.14. The smallest absolute Gasteiger partial charge is 0.261 e. The van der Waals surface area contributed by atoms with E-state index in [4.69, 9.17) is 4.74 Å². The summed E-state index contributed by atoms with van der Waals surface area (Å²) in [5.74, 6) is 0.710. The van der Waals surface area contributed by atoms with Crippen molar-refractivity contribution >= 4 is 17.2 Å². The summed E-state index contributed by atoms with van der Waals surface area (Å²) >= 11 is 1.51. The quantitative estimate of drug-likeness (QED) is 0.890. The average Bonchev–Trinajstić information content (AvgIpc) is 3.12. The fourth-order valence-corrected chi connectivity index (χ4v) is 3.98. The lowest BCUT2D eigenvalue weighted by Gasteiger charge is -2.31. The van der Waals surface area contributed by atoms with Gasteiger partial charge < -0.3 is 10.1 Å². The van der Waals surface area contributed by atoms with Crippen LogP contribution in [-0.2, 0) is 4.74 Å². The third-order valence-corrected chi connectivity index (χ3v) is 5.17. The van der Waals surface area contributed by atoms with Crippen LogP contribution >= 0.6 is 11.3 Å². The Balaban J connectivity index is 1.52. The number of piperidine rings is 1. The van der Waals surface area contributed by atoms with Crippen LogP contribution < -0.4 is 5.32 Å². The molecule has 19 heavy (non-hydrogen) atoms. The maximum atomic E-state index is 12.1. The molecule has 1 amide bonds. The fraction of sp³-hybridized carbons (Fsp3) is 0.643. The molecule has 104 valence electrons. The number of thiophene rings is 1. The van der Waals surface area contributed by atoms with Crippen LogP contribution in [0.5, 0.6) is 0 Å². The topological polar surface area (TPSA) is 41.6 Å². The SMILES string of the molecule is COCCN1C[C@H]2C[C@H]1C[C@H]2NC(=O)c1cccs1. The average molecular weight is 280 g/mol. The highest BCUT2D eigenvalue weighted by molar-refractivity contribution is 7.12. The molecule has 3 rings (SSSR count). The van der Waals surface area contributed by atoms with Gasteiger partial charge in [0.2, 0.25) is 0 Å². The molecule has 0 aromatic carbocycles. The van der Waals surface area contributed by atoms with Gasteiger partial charge in [-0.3, -0.25) is 9.69 Å². The van der Waals surface area contributed by atoms with Crippen molar-refractivity contribution in [1.82, 2.24) is 10.2 Å². The minimum atomic E-state index is 0.0935. The van der Waals surface area contributed by atoms with E-state index in [1.807, 2.05) is 17.5 Å². The summed E-state index contributed by atoms with van der Waals surface area (Å²) in [5.41, 5.74) is 0. The van der Waals surface area contributed by atoms with Gasteiger partial charge >= 0.3 is 0 Å². The first-order chi connectivity index (χ1) is 9.28. The first-order valence-corrected chi connectivity index (χ1v) is 7.73. The van der Waals surface area contributed by atoms with E-state index in [1.165, 1.54) is 17.8 Å². The highest BCUT2D eigenvalue weighted by Gasteiger charge is 2.44. The Kier molecular flexibility index (Phi) is 3.86. The number of carbonyl (C=O) groups excluding carboxylic acids is 1. The molecule has 2 aliphatic rings. The first kappa shape index (κ1) is 13.1. The molecule has 1 aromatic rings. The number of nitrogens with zero attached hydrogens (tertiary/aromatic N) is 1. The number of hydrogen-bond donors (Lipinski definition) is 1. The second-order valence-corrected chi connectivity index (χ2v) is 6.38. The van der Waals surface area contributed by atoms with E-state index in [9.17, 15) is 4.79 Å². The van der Waals surface area contributed by atoms with Gasteiger partial charge in [-0.15, -0.1) is 11.3 Å². The van der Waals surface area contributed by atoms with E-state index in [0.29, 0.717) is 18.0 Å². The Hall–Kier alpha value is -0.910. The maximum Gasteiger partial charge on any atom is 0.261 e. The first-order valence-electron chi connectivity index (χ1n) is 6.85. The van der Waals surface area contributed by atoms with E-state index in [0.717, 1.165) is 31.0 Å². The molecule has 2 fully saturated rings. The summed E-state index contributed by atoms with van der Waals surface area (Å²) in [7, 11) is 1.75. The summed E-state index contributed by atoms with van der Waals surface area (Å²) in [5, 5.41) is 5.15. The molecule has 0 unspecified atom stereocenters. The Morgan fingerprint density at radius 2 is 2.47 bits per heavy atom. The number of methoxy groups -OCH3 is 1. The molecule has 1 aromatic heterocycles. The molecule has 3 atom stereocenters. The summed E-state index contributed by atoms with van der Waals surface area (Å²) in [6.45, 7) is 2.92. The molecule has 1 N–H and O–H groups in total. The van der Waals surface area contributed by atoms with Gasteiger partial charge in [0.1, 0.15) is 0 Å². The second-order valence-electron chi connectivity index (χ2n) is 5.43. The molecule has 2 heterocycles. The fourth-order valence-electron chi connectivity index (χ4n) is 3.35. The van der Waals surface area contributed by atoms with Gasteiger partial charge in [-0.25, -0.2) is 0 Å². The number of hydrogen-bond acceptors (Lipinski definition) is 4. The zero-order valence-corrected chi connectivity index (χ0v) is 12.0. The predicted molar refractivity (Wildman–Crippen MR) is 75.5 cm³/mol. The number of rotatable bonds is 5. The molecule has 2 bridgehead atoms. The highest BCUT2D eigenvalue weighted by atomic mass is 32.1. The lowest BCUT2D eigenvalue weighted by Crippen LogP contribution is -2.46. The van der Waals surface area contributed by atoms with Gasteiger partial charge in [0, 0.05) is 32.3 Å². The van der Waals surface area contributed by atoms with E-state index < -0.39 is 0 Å². The minimum Gasteiger partial charge on any atom is -0.383 e. The summed E-state index contributed by atoms with van der Waals surface area (Å²) in [6.07, 6.45) is 2.31. The van der Waals surface area contributed by atoms with Crippen LogP contribution in [0.4, 0.5) is 0 Å². The van der Waals surface area contributed by atoms with E-state index >= 15 is 0 Å². The number of likely N-dealkylation sites (tertiary alicyclic amines) is 1. The third-order valence-electron chi connectivity index (χ3n) is 4.30. The van der Waals surface area contributed by atoms with Gasteiger partial charge in [-0.1, -0.05) is 6.07 Å². The lowest BCUT2D eigenvalue weighted by atomic mass is 10.0. The van der Waals surface area contributed by atoms with Crippen molar-refractivity contribution in [2.24, 2.45) is 5.92 Å². The molecule has 0 radical (unpaired) electrons. The number of fused-ring (bicyclic) bond motifs is 2. The van der Waals surface area contributed by atoms with Gasteiger partial charge in [0.05, 0.1) is 11.5 Å². The number of carbonyl (C=O) groups is 1. The zero-order chi connectivity index (χ0) is 13.2. The van der Waals surface area contributed by atoms with Crippen LogP contribution in [0.1, 0.15) is 22.5 Å². The highest BCUT2D eigenvalue weighted by Crippen LogP contribution is 2.37. The number of amides is 1. The Morgan fingerprint density at radius 1 is 1.58 bits per heavy atom. The second kappa shape index (κ2) is 5.61. The van der Waals surface area contributed by atoms with Crippen molar-refractivity contribution in [2.75, 3.05) is 26.8 Å². The van der Waals surface area contributed by atoms with Crippen molar-refractivity contribution < 1.29 is 9.53 Å². The monoisotopic (exact) mass is 280 g/mol. The zero-order valence-electron chi connectivity index (χ0n) is 11.2. The van der Waals surface area contributed by atoms with Gasteiger partial charge in [-0.2, -0.15) is 0 Å². The predicted octanol–water partition coefficient (Wildman–Crippen LogP) is 1.59. The van der Waals surface area contributed by atoms with Crippen LogP contribution in [0, 0.1) is 5.92 Å². The van der Waals surface area contributed by atoms with Crippen LogP contribution in [0.15, 0.2) is 17.5 Å². The van der Waals surface area contributed by atoms with Crippen LogP contribution in [0.25, 0.3) is 0 Å². The van der Waals surface area contributed by atoms with E-state index in [1.54, 1.807) is 7.11 Å². The van der Waals surface area contributed by atoms with Gasteiger partial charge in [-0.05, 0) is 30.2 Å². The number of nitrogens with one attached hydrogen (secondary N) is 1. The standard InChI is InChI=1S/C14H20N2O2S/c1-18-5-4-16-9-10-7-11(16)8-12(10)15-14(17)13-3-2-6-19-13/h2-3,6,10-12H,4-5,7-9H2,1H3,(H,15,17)/t10-,11+,12-/m1/s1. The normalized spacial score (nSPS) is 29.8. The molecule has 0 spiro atoms. The Morgan fingerprint density at radius 3 is 3.11 bits per heavy atom. The Bertz CT molecular complexity index is 435. The molecule has 1 saturated carbocycles.